The van der Waals surface area contributed by atoms with Gasteiger partial charge in [-0.2, -0.15) is 0 Å². The molecule has 4 fully saturated rings. The fourth-order valence-electron chi connectivity index (χ4n) is 5.70. The van der Waals surface area contributed by atoms with Crippen molar-refractivity contribution in [2.24, 2.45) is 17.3 Å². The summed E-state index contributed by atoms with van der Waals surface area (Å²) >= 11 is 6.82. The Labute approximate surface area is 166 Å². The summed E-state index contributed by atoms with van der Waals surface area (Å²) in [4.78, 5) is 13.0. The van der Waals surface area contributed by atoms with E-state index in [0.29, 0.717) is 18.3 Å². The molecule has 2 atom stereocenters. The summed E-state index contributed by atoms with van der Waals surface area (Å²) < 4.78 is 32.3. The van der Waals surface area contributed by atoms with Crippen LogP contribution in [0.5, 0.6) is 5.75 Å². The minimum Gasteiger partial charge on any atom is -0.425 e. The van der Waals surface area contributed by atoms with E-state index < -0.39 is 15.4 Å². The van der Waals surface area contributed by atoms with Crippen LogP contribution in [0, 0.1) is 24.2 Å². The second kappa shape index (κ2) is 6.19. The Kier molecular flexibility index (Phi) is 4.41. The summed E-state index contributed by atoms with van der Waals surface area (Å²) in [6, 6.07) is 4.90. The number of ether oxygens (including phenoxy) is 1. The number of rotatable bonds is 4. The number of carbonyl (C=O) groups excluding carboxylic acids is 1. The van der Waals surface area contributed by atoms with Crippen molar-refractivity contribution < 1.29 is 17.9 Å². The van der Waals surface area contributed by atoms with Crippen LogP contribution in [0.2, 0.25) is 0 Å². The van der Waals surface area contributed by atoms with Gasteiger partial charge in [-0.1, -0.05) is 6.07 Å². The fraction of sp³-hybridized carbons (Fsp3) is 0.650. The summed E-state index contributed by atoms with van der Waals surface area (Å²) in [6.45, 7) is 1.82. The Balaban J connectivity index is 1.67. The van der Waals surface area contributed by atoms with Gasteiger partial charge in [0, 0.05) is 19.0 Å². The maximum atomic E-state index is 13.3. The van der Waals surface area contributed by atoms with E-state index in [1.807, 2.05) is 6.92 Å². The maximum Gasteiger partial charge on any atom is 0.317 e. The predicted octanol–water partition coefficient (Wildman–Crippen LogP) is 3.73. The Bertz CT molecular complexity index is 881. The third-order valence-electron chi connectivity index (χ3n) is 6.48. The van der Waals surface area contributed by atoms with Crippen LogP contribution in [0.3, 0.4) is 0 Å². The lowest BCUT2D eigenvalue weighted by atomic mass is 9.49. The fourth-order valence-corrected chi connectivity index (χ4v) is 7.48. The van der Waals surface area contributed by atoms with Gasteiger partial charge in [-0.3, -0.25) is 4.79 Å². The van der Waals surface area contributed by atoms with E-state index in [1.54, 1.807) is 18.2 Å². The Morgan fingerprint density at radius 3 is 2.37 bits per heavy atom. The number of aryl methyl sites for hydroxylation is 1. The highest BCUT2D eigenvalue weighted by molar-refractivity contribution is 7.89. The van der Waals surface area contributed by atoms with Gasteiger partial charge in [0.25, 0.3) is 0 Å². The van der Waals surface area contributed by atoms with Crippen LogP contribution < -0.4 is 4.74 Å². The molecule has 148 valence electrons. The molecule has 1 aromatic carbocycles. The van der Waals surface area contributed by atoms with Crippen LogP contribution in [0.1, 0.15) is 44.1 Å². The Hall–Kier alpha value is -1.11. The molecular weight excluding hydrogens is 386 g/mol. The summed E-state index contributed by atoms with van der Waals surface area (Å²) in [6.07, 6.45) is 5.34. The van der Waals surface area contributed by atoms with E-state index in [4.69, 9.17) is 16.3 Å². The standard InChI is InChI=1S/C20H26ClNO4S/c1-13-4-5-16(17(6-13)27(24,25)22(2)3)26-18(23)19-8-14-7-15(9-19)11-20(21,10-14)12-19/h4-6,14-15H,7-12H2,1-3H3/t14-,15-,19?,20?/m1/s1. The van der Waals surface area contributed by atoms with Crippen LogP contribution in [0.4, 0.5) is 0 Å². The van der Waals surface area contributed by atoms with Crippen molar-refractivity contribution in [3.05, 3.63) is 23.8 Å². The molecule has 0 N–H and O–H groups in total. The first-order valence-corrected chi connectivity index (χ1v) is 11.3. The Morgan fingerprint density at radius 1 is 1.19 bits per heavy atom. The van der Waals surface area contributed by atoms with Gasteiger partial charge in [0.05, 0.1) is 5.41 Å². The second-order valence-electron chi connectivity index (χ2n) is 9.02. The van der Waals surface area contributed by atoms with Crippen molar-refractivity contribution >= 4 is 27.6 Å². The molecule has 5 nitrogen and oxygen atoms in total. The average molecular weight is 412 g/mol. The van der Waals surface area contributed by atoms with Crippen molar-refractivity contribution in [3.8, 4) is 5.75 Å². The molecule has 4 bridgehead atoms. The van der Waals surface area contributed by atoms with Gasteiger partial charge in [-0.05, 0) is 75.0 Å². The monoisotopic (exact) mass is 411 g/mol. The van der Waals surface area contributed by atoms with Gasteiger partial charge in [-0.25, -0.2) is 12.7 Å². The highest BCUT2D eigenvalue weighted by Gasteiger charge is 2.61. The van der Waals surface area contributed by atoms with Crippen LogP contribution in [0.25, 0.3) is 0 Å². The highest BCUT2D eigenvalue weighted by atomic mass is 35.5. The van der Waals surface area contributed by atoms with Crippen molar-refractivity contribution in [3.63, 3.8) is 0 Å². The molecule has 0 radical (unpaired) electrons. The molecule has 7 heteroatoms. The molecule has 0 heterocycles. The first-order chi connectivity index (χ1) is 12.5. The molecule has 5 rings (SSSR count). The average Bonchev–Trinajstić information content (AvgIpc) is 2.53. The molecule has 0 spiro atoms. The summed E-state index contributed by atoms with van der Waals surface area (Å²) in [5.74, 6) is 0.734. The summed E-state index contributed by atoms with van der Waals surface area (Å²) in [7, 11) is -0.770. The largest absolute Gasteiger partial charge is 0.425 e. The lowest BCUT2D eigenvalue weighted by Crippen LogP contribution is -2.57. The molecule has 4 aliphatic carbocycles. The molecule has 0 aliphatic heterocycles. The number of benzene rings is 1. The molecule has 0 amide bonds. The van der Waals surface area contributed by atoms with Crippen LogP contribution >= 0.6 is 11.6 Å². The number of alkyl halides is 1. The Morgan fingerprint density at radius 2 is 1.81 bits per heavy atom. The molecule has 4 saturated carbocycles. The van der Waals surface area contributed by atoms with E-state index >= 15 is 0 Å². The van der Waals surface area contributed by atoms with Crippen LogP contribution in [-0.2, 0) is 14.8 Å². The number of carbonyl (C=O) groups is 1. The second-order valence-corrected chi connectivity index (χ2v) is 11.9. The maximum absolute atomic E-state index is 13.3. The van der Waals surface area contributed by atoms with Gasteiger partial charge in [0.15, 0.2) is 5.75 Å². The predicted molar refractivity (Wildman–Crippen MR) is 103 cm³/mol. The zero-order chi connectivity index (χ0) is 19.6. The molecule has 0 saturated heterocycles. The quantitative estimate of drug-likeness (QED) is 0.430. The third-order valence-corrected chi connectivity index (χ3v) is 8.76. The van der Waals surface area contributed by atoms with Gasteiger partial charge in [-0.15, -0.1) is 11.6 Å². The minimum absolute atomic E-state index is 0.0335. The van der Waals surface area contributed by atoms with Crippen molar-refractivity contribution in [2.45, 2.75) is 55.2 Å². The first kappa shape index (κ1) is 19.2. The summed E-state index contributed by atoms with van der Waals surface area (Å²) in [5.41, 5.74) is 0.223. The van der Waals surface area contributed by atoms with Crippen molar-refractivity contribution in [2.75, 3.05) is 14.1 Å². The number of hydrogen-bond donors (Lipinski definition) is 0. The topological polar surface area (TPSA) is 63.7 Å². The molecule has 1 aromatic rings. The minimum atomic E-state index is -3.71. The number of halogens is 1. The molecule has 4 aliphatic rings. The molecule has 0 unspecified atom stereocenters. The first-order valence-electron chi connectivity index (χ1n) is 9.47. The van der Waals surface area contributed by atoms with E-state index in [-0.39, 0.29) is 21.5 Å². The lowest BCUT2D eigenvalue weighted by molar-refractivity contribution is -0.160. The zero-order valence-electron chi connectivity index (χ0n) is 16.0. The van der Waals surface area contributed by atoms with Gasteiger partial charge in [0.2, 0.25) is 10.0 Å². The van der Waals surface area contributed by atoms with Gasteiger partial charge >= 0.3 is 5.97 Å². The van der Waals surface area contributed by atoms with Crippen LogP contribution in [0.15, 0.2) is 23.1 Å². The normalized spacial score (nSPS) is 34.9. The van der Waals surface area contributed by atoms with Crippen molar-refractivity contribution in [1.29, 1.82) is 0 Å². The van der Waals surface area contributed by atoms with Crippen LogP contribution in [-0.4, -0.2) is 37.7 Å². The van der Waals surface area contributed by atoms with Gasteiger partial charge < -0.3 is 4.74 Å². The number of nitrogens with zero attached hydrogens (tertiary/aromatic N) is 1. The number of hydrogen-bond acceptors (Lipinski definition) is 4. The van der Waals surface area contributed by atoms with E-state index in [9.17, 15) is 13.2 Å². The SMILES string of the molecule is Cc1ccc(OC(=O)C23C[C@H]4C[C@@H](CC(Cl)(C4)C2)C3)c(S(=O)(=O)N(C)C)c1. The highest BCUT2D eigenvalue weighted by Crippen LogP contribution is 2.64. The van der Waals surface area contributed by atoms with Gasteiger partial charge in [0.1, 0.15) is 4.90 Å². The zero-order valence-corrected chi connectivity index (χ0v) is 17.6. The third kappa shape index (κ3) is 3.19. The van der Waals surface area contributed by atoms with Crippen molar-refractivity contribution in [1.82, 2.24) is 4.31 Å². The number of sulfonamides is 1. The smallest absolute Gasteiger partial charge is 0.317 e. The van der Waals surface area contributed by atoms with E-state index in [1.165, 1.54) is 14.1 Å². The molecule has 0 aromatic heterocycles. The van der Waals surface area contributed by atoms with E-state index in [0.717, 1.165) is 42.0 Å². The van der Waals surface area contributed by atoms with E-state index in [2.05, 4.69) is 0 Å². The molecule has 27 heavy (non-hydrogen) atoms. The lowest BCUT2D eigenvalue weighted by Gasteiger charge is -2.58. The molecular formula is C20H26ClNO4S. The number of esters is 1. The summed E-state index contributed by atoms with van der Waals surface area (Å²) in [5, 5.41) is 0.